The summed E-state index contributed by atoms with van der Waals surface area (Å²) in [5.41, 5.74) is 0. The Balaban J connectivity index is 1.79. The molecule has 1 atom stereocenters. The van der Waals surface area contributed by atoms with Crippen LogP contribution in [0, 0.1) is 5.92 Å². The Morgan fingerprint density at radius 1 is 1.29 bits per heavy atom. The van der Waals surface area contributed by atoms with Crippen molar-refractivity contribution in [2.75, 3.05) is 53.0 Å². The average molecular weight is 296 g/mol. The van der Waals surface area contributed by atoms with Crippen LogP contribution in [0.15, 0.2) is 4.99 Å². The summed E-state index contributed by atoms with van der Waals surface area (Å²) in [7, 11) is 2.14. The molecule has 0 aromatic rings. The molecule has 0 spiro atoms. The highest BCUT2D eigenvalue weighted by Crippen LogP contribution is 2.25. The van der Waals surface area contributed by atoms with Crippen LogP contribution < -0.4 is 5.32 Å². The van der Waals surface area contributed by atoms with E-state index < -0.39 is 0 Å². The number of hydrogen-bond donors (Lipinski definition) is 1. The largest absolute Gasteiger partial charge is 0.381 e. The highest BCUT2D eigenvalue weighted by Gasteiger charge is 2.27. The first-order valence-corrected chi connectivity index (χ1v) is 8.55. The standard InChI is InChI=1S/C16H32N4O/c1-4-17-16(19(3)12-14-8-11-21-13-14)18-9-10-20(5-2)15-6-7-15/h14-15H,4-13H2,1-3H3,(H,17,18). The van der Waals surface area contributed by atoms with Crippen molar-refractivity contribution in [2.24, 2.45) is 10.9 Å². The highest BCUT2D eigenvalue weighted by molar-refractivity contribution is 5.79. The molecular weight excluding hydrogens is 264 g/mol. The van der Waals surface area contributed by atoms with Gasteiger partial charge in [0.1, 0.15) is 0 Å². The Labute approximate surface area is 129 Å². The van der Waals surface area contributed by atoms with E-state index >= 15 is 0 Å². The zero-order valence-electron chi connectivity index (χ0n) is 14.0. The molecule has 1 saturated heterocycles. The summed E-state index contributed by atoms with van der Waals surface area (Å²) in [6.07, 6.45) is 3.92. The molecule has 2 fully saturated rings. The lowest BCUT2D eigenvalue weighted by molar-refractivity contribution is 0.181. The molecule has 0 aromatic carbocycles. The van der Waals surface area contributed by atoms with Crippen LogP contribution in [0.25, 0.3) is 0 Å². The van der Waals surface area contributed by atoms with Crippen LogP contribution in [0.1, 0.15) is 33.1 Å². The van der Waals surface area contributed by atoms with Crippen LogP contribution in [-0.4, -0.2) is 74.8 Å². The topological polar surface area (TPSA) is 40.1 Å². The van der Waals surface area contributed by atoms with Gasteiger partial charge in [-0.25, -0.2) is 0 Å². The van der Waals surface area contributed by atoms with E-state index in [0.29, 0.717) is 5.92 Å². The zero-order chi connectivity index (χ0) is 15.1. The van der Waals surface area contributed by atoms with Gasteiger partial charge < -0.3 is 15.0 Å². The Morgan fingerprint density at radius 3 is 2.67 bits per heavy atom. The molecule has 1 heterocycles. The Bertz CT molecular complexity index is 324. The van der Waals surface area contributed by atoms with Crippen LogP contribution in [0.3, 0.4) is 0 Å². The monoisotopic (exact) mass is 296 g/mol. The summed E-state index contributed by atoms with van der Waals surface area (Å²) in [6, 6.07) is 0.834. The number of nitrogens with zero attached hydrogens (tertiary/aromatic N) is 3. The first-order valence-electron chi connectivity index (χ1n) is 8.55. The molecule has 21 heavy (non-hydrogen) atoms. The zero-order valence-corrected chi connectivity index (χ0v) is 14.0. The fourth-order valence-electron chi connectivity index (χ4n) is 2.99. The van der Waals surface area contributed by atoms with Crippen molar-refractivity contribution in [2.45, 2.75) is 39.2 Å². The van der Waals surface area contributed by atoms with Crippen molar-refractivity contribution in [3.8, 4) is 0 Å². The summed E-state index contributed by atoms with van der Waals surface area (Å²) >= 11 is 0. The van der Waals surface area contributed by atoms with Gasteiger partial charge in [-0.15, -0.1) is 0 Å². The van der Waals surface area contributed by atoms with E-state index in [1.165, 1.54) is 19.3 Å². The van der Waals surface area contributed by atoms with Crippen molar-refractivity contribution < 1.29 is 4.74 Å². The summed E-state index contributed by atoms with van der Waals surface area (Å²) in [5, 5.41) is 3.41. The third kappa shape index (κ3) is 5.47. The Hall–Kier alpha value is -0.810. The predicted octanol–water partition coefficient (Wildman–Crippen LogP) is 1.40. The van der Waals surface area contributed by atoms with E-state index in [1.54, 1.807) is 0 Å². The fourth-order valence-corrected chi connectivity index (χ4v) is 2.99. The van der Waals surface area contributed by atoms with Crippen molar-refractivity contribution in [3.05, 3.63) is 0 Å². The van der Waals surface area contributed by atoms with Crippen LogP contribution in [0.5, 0.6) is 0 Å². The Kier molecular flexibility index (Phi) is 6.77. The van der Waals surface area contributed by atoms with Gasteiger partial charge in [-0.1, -0.05) is 6.92 Å². The molecule has 1 N–H and O–H groups in total. The molecule has 2 rings (SSSR count). The molecule has 122 valence electrons. The molecule has 1 aliphatic heterocycles. The molecule has 5 nitrogen and oxygen atoms in total. The van der Waals surface area contributed by atoms with E-state index in [9.17, 15) is 0 Å². The Morgan fingerprint density at radius 2 is 2.10 bits per heavy atom. The molecule has 0 bridgehead atoms. The maximum absolute atomic E-state index is 5.46. The minimum atomic E-state index is 0.650. The van der Waals surface area contributed by atoms with Gasteiger partial charge in [0.25, 0.3) is 0 Å². The summed E-state index contributed by atoms with van der Waals surface area (Å²) in [5.74, 6) is 1.69. The molecule has 2 aliphatic rings. The second-order valence-electron chi connectivity index (χ2n) is 6.21. The lowest BCUT2D eigenvalue weighted by Gasteiger charge is -2.25. The number of likely N-dealkylation sites (N-methyl/N-ethyl adjacent to an activating group) is 1. The van der Waals surface area contributed by atoms with E-state index in [2.05, 4.69) is 36.0 Å². The van der Waals surface area contributed by atoms with Crippen LogP contribution in [0.4, 0.5) is 0 Å². The second kappa shape index (κ2) is 8.59. The maximum atomic E-state index is 5.46. The predicted molar refractivity (Wildman–Crippen MR) is 87.8 cm³/mol. The van der Waals surface area contributed by atoms with Gasteiger partial charge in [0.2, 0.25) is 0 Å². The normalized spacial score (nSPS) is 22.9. The summed E-state index contributed by atoms with van der Waals surface area (Å²) < 4.78 is 5.46. The van der Waals surface area contributed by atoms with Gasteiger partial charge in [0.15, 0.2) is 5.96 Å². The average Bonchev–Trinajstić information content (AvgIpc) is 3.20. The number of guanidine groups is 1. The fraction of sp³-hybridized carbons (Fsp3) is 0.938. The second-order valence-corrected chi connectivity index (χ2v) is 6.21. The molecule has 0 radical (unpaired) electrons. The van der Waals surface area contributed by atoms with E-state index in [-0.39, 0.29) is 0 Å². The van der Waals surface area contributed by atoms with Gasteiger partial charge in [0, 0.05) is 45.2 Å². The van der Waals surface area contributed by atoms with E-state index in [0.717, 1.165) is 57.9 Å². The van der Waals surface area contributed by atoms with E-state index in [1.807, 2.05) is 0 Å². The number of nitrogens with one attached hydrogen (secondary N) is 1. The van der Waals surface area contributed by atoms with Crippen LogP contribution in [0.2, 0.25) is 0 Å². The minimum absolute atomic E-state index is 0.650. The SMILES string of the molecule is CCNC(=NCCN(CC)C1CC1)N(C)CC1CCOC1. The molecule has 1 saturated carbocycles. The van der Waals surface area contributed by atoms with Gasteiger partial charge in [-0.2, -0.15) is 0 Å². The minimum Gasteiger partial charge on any atom is -0.381 e. The first-order chi connectivity index (χ1) is 10.2. The molecule has 0 aromatic heterocycles. The highest BCUT2D eigenvalue weighted by atomic mass is 16.5. The molecular formula is C16H32N4O. The third-order valence-electron chi connectivity index (χ3n) is 4.37. The number of aliphatic imine (C=N–C) groups is 1. The molecule has 0 amide bonds. The van der Waals surface area contributed by atoms with Gasteiger partial charge in [-0.3, -0.25) is 9.89 Å². The van der Waals surface area contributed by atoms with Crippen molar-refractivity contribution >= 4 is 5.96 Å². The van der Waals surface area contributed by atoms with Gasteiger partial charge in [-0.05, 0) is 32.7 Å². The van der Waals surface area contributed by atoms with Crippen LogP contribution in [-0.2, 0) is 4.74 Å². The lowest BCUT2D eigenvalue weighted by Crippen LogP contribution is -2.42. The number of ether oxygens (including phenoxy) is 1. The van der Waals surface area contributed by atoms with Gasteiger partial charge in [0.05, 0.1) is 13.2 Å². The van der Waals surface area contributed by atoms with Gasteiger partial charge >= 0.3 is 0 Å². The third-order valence-corrected chi connectivity index (χ3v) is 4.37. The van der Waals surface area contributed by atoms with Crippen molar-refractivity contribution in [1.29, 1.82) is 0 Å². The quantitative estimate of drug-likeness (QED) is 0.543. The van der Waals surface area contributed by atoms with Crippen molar-refractivity contribution in [1.82, 2.24) is 15.1 Å². The van der Waals surface area contributed by atoms with E-state index in [4.69, 9.17) is 9.73 Å². The number of hydrogen-bond acceptors (Lipinski definition) is 3. The first kappa shape index (κ1) is 16.6. The van der Waals surface area contributed by atoms with Crippen molar-refractivity contribution in [3.63, 3.8) is 0 Å². The summed E-state index contributed by atoms with van der Waals surface area (Å²) in [4.78, 5) is 9.62. The summed E-state index contributed by atoms with van der Waals surface area (Å²) in [6.45, 7) is 11.3. The number of rotatable bonds is 8. The lowest BCUT2D eigenvalue weighted by atomic mass is 10.1. The van der Waals surface area contributed by atoms with Crippen LogP contribution >= 0.6 is 0 Å². The molecule has 5 heteroatoms. The molecule has 1 aliphatic carbocycles. The maximum Gasteiger partial charge on any atom is 0.193 e. The molecule has 1 unspecified atom stereocenters. The smallest absolute Gasteiger partial charge is 0.193 e.